The molecule has 25 heavy (non-hydrogen) atoms. The number of amides is 1. The highest BCUT2D eigenvalue weighted by molar-refractivity contribution is 5.92. The van der Waals surface area contributed by atoms with Gasteiger partial charge in [0.1, 0.15) is 11.8 Å². The van der Waals surface area contributed by atoms with E-state index in [-0.39, 0.29) is 11.9 Å². The topological polar surface area (TPSA) is 54.9 Å². The van der Waals surface area contributed by atoms with Crippen molar-refractivity contribution in [1.29, 1.82) is 0 Å². The van der Waals surface area contributed by atoms with Crippen LogP contribution in [0.5, 0.6) is 5.75 Å². The van der Waals surface area contributed by atoms with Crippen molar-refractivity contribution in [1.82, 2.24) is 0 Å². The molecule has 1 atom stereocenters. The van der Waals surface area contributed by atoms with Gasteiger partial charge in [0, 0.05) is 11.5 Å². The van der Waals surface area contributed by atoms with Gasteiger partial charge < -0.3 is 15.4 Å². The number of rotatable bonds is 8. The first-order chi connectivity index (χ1) is 12.0. The van der Waals surface area contributed by atoms with Crippen LogP contribution >= 0.6 is 0 Å². The van der Waals surface area contributed by atoms with Crippen molar-refractivity contribution in [2.75, 3.05) is 19.0 Å². The fourth-order valence-corrected chi connectivity index (χ4v) is 2.95. The molecule has 1 amide bonds. The number of nitrogens with one attached hydrogen (secondary N) is 1. The van der Waals surface area contributed by atoms with Crippen LogP contribution in [0.1, 0.15) is 37.9 Å². The van der Waals surface area contributed by atoms with Crippen molar-refractivity contribution < 1.29 is 14.8 Å². The van der Waals surface area contributed by atoms with Gasteiger partial charge in [0.15, 0.2) is 6.54 Å². The number of carbonyl (C=O) groups excluding carboxylic acids is 1. The molecule has 0 unspecified atom stereocenters. The highest BCUT2D eigenvalue weighted by Gasteiger charge is 2.20. The summed E-state index contributed by atoms with van der Waals surface area (Å²) >= 11 is 0. The molecular formula is C21H29N2O2+. The molecule has 0 spiro atoms. The number of hydrogen-bond donors (Lipinski definition) is 2. The lowest BCUT2D eigenvalue weighted by Crippen LogP contribution is -2.88. The Morgan fingerprint density at radius 3 is 2.40 bits per heavy atom. The first kappa shape index (κ1) is 19.0. The molecule has 2 rings (SSSR count). The zero-order valence-electron chi connectivity index (χ0n) is 15.6. The number of methoxy groups -OCH3 is 1. The molecule has 0 heterocycles. The minimum atomic E-state index is -0.0275. The Balaban J connectivity index is 1.99. The minimum Gasteiger partial charge on any atom is -0.495 e. The van der Waals surface area contributed by atoms with Gasteiger partial charge in [0.2, 0.25) is 0 Å². The van der Waals surface area contributed by atoms with Gasteiger partial charge in [-0.1, -0.05) is 57.2 Å². The second kappa shape index (κ2) is 9.23. The molecule has 134 valence electrons. The summed E-state index contributed by atoms with van der Waals surface area (Å²) in [6.07, 6.45) is 1.04. The predicted octanol–water partition coefficient (Wildman–Crippen LogP) is 3.16. The van der Waals surface area contributed by atoms with Gasteiger partial charge >= 0.3 is 0 Å². The van der Waals surface area contributed by atoms with Crippen LogP contribution in [0.3, 0.4) is 0 Å². The minimum absolute atomic E-state index is 0.0275. The highest BCUT2D eigenvalue weighted by Crippen LogP contribution is 2.22. The van der Waals surface area contributed by atoms with Crippen LogP contribution in [0.15, 0.2) is 48.5 Å². The first-order valence-electron chi connectivity index (χ1n) is 8.90. The van der Waals surface area contributed by atoms with Crippen LogP contribution in [0, 0.1) is 5.92 Å². The number of ether oxygens (including phenoxy) is 1. The quantitative estimate of drug-likeness (QED) is 0.775. The number of quaternary nitrogens is 1. The van der Waals surface area contributed by atoms with E-state index in [1.54, 1.807) is 7.11 Å². The molecule has 4 nitrogen and oxygen atoms in total. The van der Waals surface area contributed by atoms with Crippen LogP contribution in [0.4, 0.5) is 5.69 Å². The molecule has 0 bridgehead atoms. The van der Waals surface area contributed by atoms with E-state index in [1.165, 1.54) is 11.1 Å². The normalized spacial score (nSPS) is 12.0. The van der Waals surface area contributed by atoms with Gasteiger partial charge in [0.25, 0.3) is 5.91 Å². The summed E-state index contributed by atoms with van der Waals surface area (Å²) in [5, 5.41) is 5.04. The summed E-state index contributed by atoms with van der Waals surface area (Å²) in [6.45, 7) is 6.90. The maximum absolute atomic E-state index is 12.3. The predicted molar refractivity (Wildman–Crippen MR) is 102 cm³/mol. The number of benzene rings is 2. The molecule has 2 aromatic carbocycles. The van der Waals surface area contributed by atoms with E-state index in [9.17, 15) is 4.79 Å². The Kier molecular flexibility index (Phi) is 7.02. The molecule has 3 N–H and O–H groups in total. The highest BCUT2D eigenvalue weighted by atomic mass is 16.5. The standard InChI is InChI=1S/C21H28N2O2/c1-5-16-10-12-17(13-11-16)21(15(2)3)22-14-20(24)23-18-8-6-7-9-19(18)25-4/h6-13,15,21-22H,5,14H2,1-4H3,(H,23,24)/p+1/t21-/m0/s1. The van der Waals surface area contributed by atoms with Crippen molar-refractivity contribution in [2.45, 2.75) is 33.2 Å². The van der Waals surface area contributed by atoms with E-state index >= 15 is 0 Å². The molecule has 2 aromatic rings. The number of aryl methyl sites for hydroxylation is 1. The molecule has 0 fully saturated rings. The molecule has 0 aromatic heterocycles. The molecule has 4 heteroatoms. The fraction of sp³-hybridized carbons (Fsp3) is 0.381. The average molecular weight is 341 g/mol. The monoisotopic (exact) mass is 341 g/mol. The van der Waals surface area contributed by atoms with Crippen molar-refractivity contribution in [3.8, 4) is 5.75 Å². The summed E-state index contributed by atoms with van der Waals surface area (Å²) in [5.41, 5.74) is 3.30. The lowest BCUT2D eigenvalue weighted by molar-refractivity contribution is -0.692. The van der Waals surface area contributed by atoms with Crippen LogP contribution in [-0.4, -0.2) is 19.6 Å². The van der Waals surface area contributed by atoms with E-state index in [0.29, 0.717) is 23.9 Å². The van der Waals surface area contributed by atoms with Gasteiger partial charge in [-0.25, -0.2) is 0 Å². The number of hydrogen-bond acceptors (Lipinski definition) is 2. The lowest BCUT2D eigenvalue weighted by atomic mass is 9.95. The molecule has 0 aliphatic carbocycles. The van der Waals surface area contributed by atoms with Crippen LogP contribution in [0.25, 0.3) is 0 Å². The van der Waals surface area contributed by atoms with Crippen LogP contribution < -0.4 is 15.4 Å². The summed E-state index contributed by atoms with van der Waals surface area (Å²) in [5.74, 6) is 1.08. The summed E-state index contributed by atoms with van der Waals surface area (Å²) in [6, 6.07) is 16.4. The summed E-state index contributed by atoms with van der Waals surface area (Å²) in [7, 11) is 1.60. The number of nitrogens with two attached hydrogens (primary N) is 1. The Morgan fingerprint density at radius 1 is 1.12 bits per heavy atom. The van der Waals surface area contributed by atoms with Crippen molar-refractivity contribution in [3.63, 3.8) is 0 Å². The van der Waals surface area contributed by atoms with E-state index in [1.807, 2.05) is 24.3 Å². The fourth-order valence-electron chi connectivity index (χ4n) is 2.95. The molecule has 0 saturated carbocycles. The lowest BCUT2D eigenvalue weighted by Gasteiger charge is -2.20. The molecule has 0 saturated heterocycles. The smallest absolute Gasteiger partial charge is 0.279 e. The molecule has 0 radical (unpaired) electrons. The molecule has 0 aliphatic rings. The number of carbonyl (C=O) groups is 1. The zero-order chi connectivity index (χ0) is 18.2. The third kappa shape index (κ3) is 5.33. The summed E-state index contributed by atoms with van der Waals surface area (Å²) in [4.78, 5) is 12.3. The second-order valence-electron chi connectivity index (χ2n) is 6.55. The van der Waals surface area contributed by atoms with Gasteiger partial charge in [-0.2, -0.15) is 0 Å². The maximum atomic E-state index is 12.3. The first-order valence-corrected chi connectivity index (χ1v) is 8.90. The zero-order valence-corrected chi connectivity index (χ0v) is 15.6. The Morgan fingerprint density at radius 2 is 1.80 bits per heavy atom. The third-order valence-corrected chi connectivity index (χ3v) is 4.43. The van der Waals surface area contributed by atoms with Crippen LogP contribution in [0.2, 0.25) is 0 Å². The second-order valence-corrected chi connectivity index (χ2v) is 6.55. The Labute approximate surface area is 150 Å². The van der Waals surface area contributed by atoms with Crippen molar-refractivity contribution >= 4 is 11.6 Å². The van der Waals surface area contributed by atoms with E-state index in [4.69, 9.17) is 4.74 Å². The van der Waals surface area contributed by atoms with E-state index < -0.39 is 0 Å². The largest absolute Gasteiger partial charge is 0.495 e. The third-order valence-electron chi connectivity index (χ3n) is 4.43. The van der Waals surface area contributed by atoms with E-state index in [0.717, 1.165) is 6.42 Å². The van der Waals surface area contributed by atoms with Gasteiger partial charge in [0.05, 0.1) is 12.8 Å². The maximum Gasteiger partial charge on any atom is 0.279 e. The van der Waals surface area contributed by atoms with Gasteiger partial charge in [-0.3, -0.25) is 4.79 Å². The summed E-state index contributed by atoms with van der Waals surface area (Å²) < 4.78 is 5.28. The number of para-hydroxylation sites is 2. The van der Waals surface area contributed by atoms with Gasteiger partial charge in [-0.15, -0.1) is 0 Å². The number of anilines is 1. The van der Waals surface area contributed by atoms with Gasteiger partial charge in [-0.05, 0) is 24.1 Å². The molecule has 0 aliphatic heterocycles. The Bertz CT molecular complexity index is 681. The van der Waals surface area contributed by atoms with Crippen LogP contribution in [-0.2, 0) is 11.2 Å². The average Bonchev–Trinajstić information content (AvgIpc) is 2.62. The van der Waals surface area contributed by atoms with Crippen molar-refractivity contribution in [3.05, 3.63) is 59.7 Å². The SMILES string of the molecule is CCc1ccc([C@@H]([NH2+]CC(=O)Nc2ccccc2OC)C(C)C)cc1. The van der Waals surface area contributed by atoms with Crippen molar-refractivity contribution in [2.24, 2.45) is 5.92 Å². The van der Waals surface area contributed by atoms with E-state index in [2.05, 4.69) is 55.7 Å². The Hall–Kier alpha value is -2.33. The molecular weight excluding hydrogens is 312 g/mol.